The third-order valence-corrected chi connectivity index (χ3v) is 3.36. The number of carbonyl (C=O) groups excluding carboxylic acids is 1. The Labute approximate surface area is 131 Å². The fourth-order valence-corrected chi connectivity index (χ4v) is 1.99. The molecule has 1 unspecified atom stereocenters. The van der Waals surface area contributed by atoms with Gasteiger partial charge in [0.2, 0.25) is 0 Å². The summed E-state index contributed by atoms with van der Waals surface area (Å²) in [5.41, 5.74) is 1.19. The van der Waals surface area contributed by atoms with Gasteiger partial charge in [0, 0.05) is 11.8 Å². The quantitative estimate of drug-likeness (QED) is 0.872. The molecule has 0 saturated carbocycles. The minimum Gasteiger partial charge on any atom is -0.496 e. The number of rotatable bonds is 6. The average molecular weight is 299 g/mol. The van der Waals surface area contributed by atoms with E-state index >= 15 is 0 Å². The predicted molar refractivity (Wildman–Crippen MR) is 87.8 cm³/mol. The Morgan fingerprint density at radius 3 is 2.68 bits per heavy atom. The molecule has 0 bridgehead atoms. The maximum absolute atomic E-state index is 12.4. The number of para-hydroxylation sites is 1. The van der Waals surface area contributed by atoms with Crippen LogP contribution in [0.1, 0.15) is 30.6 Å². The van der Waals surface area contributed by atoms with E-state index in [1.165, 1.54) is 0 Å². The van der Waals surface area contributed by atoms with Crippen molar-refractivity contribution in [2.24, 2.45) is 0 Å². The summed E-state index contributed by atoms with van der Waals surface area (Å²) in [7, 11) is 1.55. The highest BCUT2D eigenvalue weighted by Crippen LogP contribution is 2.22. The van der Waals surface area contributed by atoms with Gasteiger partial charge in [-0.05, 0) is 37.6 Å². The van der Waals surface area contributed by atoms with E-state index in [2.05, 4.69) is 12.2 Å². The number of ether oxygens (including phenoxy) is 2. The van der Waals surface area contributed by atoms with Gasteiger partial charge in [0.1, 0.15) is 11.5 Å². The summed E-state index contributed by atoms with van der Waals surface area (Å²) >= 11 is 0. The van der Waals surface area contributed by atoms with Crippen LogP contribution in [0.2, 0.25) is 0 Å². The van der Waals surface area contributed by atoms with E-state index in [9.17, 15) is 4.79 Å². The standard InChI is InChI=1S/C18H21NO3/c1-4-13(2)22-15-9-7-8-14(12-15)19-18(20)16-10-5-6-11-17(16)21-3/h5-13H,4H2,1-3H3,(H,19,20). The molecule has 2 aromatic carbocycles. The molecule has 0 radical (unpaired) electrons. The van der Waals surface area contributed by atoms with Crippen molar-refractivity contribution in [1.29, 1.82) is 0 Å². The number of benzene rings is 2. The number of amides is 1. The Kier molecular flexibility index (Phi) is 5.42. The van der Waals surface area contributed by atoms with Crippen LogP contribution in [-0.4, -0.2) is 19.1 Å². The van der Waals surface area contributed by atoms with Gasteiger partial charge in [-0.3, -0.25) is 4.79 Å². The Morgan fingerprint density at radius 1 is 1.18 bits per heavy atom. The van der Waals surface area contributed by atoms with E-state index in [1.807, 2.05) is 37.3 Å². The van der Waals surface area contributed by atoms with Gasteiger partial charge in [-0.1, -0.05) is 25.1 Å². The summed E-state index contributed by atoms with van der Waals surface area (Å²) in [6.45, 7) is 4.08. The highest BCUT2D eigenvalue weighted by atomic mass is 16.5. The van der Waals surface area contributed by atoms with Crippen molar-refractivity contribution < 1.29 is 14.3 Å². The summed E-state index contributed by atoms with van der Waals surface area (Å²) in [4.78, 5) is 12.4. The molecule has 0 aliphatic heterocycles. The maximum atomic E-state index is 12.4. The molecular formula is C18H21NO3. The van der Waals surface area contributed by atoms with Crippen LogP contribution in [0.15, 0.2) is 48.5 Å². The molecule has 2 aromatic rings. The molecule has 0 aromatic heterocycles. The van der Waals surface area contributed by atoms with Crippen LogP contribution < -0.4 is 14.8 Å². The SMILES string of the molecule is CCC(C)Oc1cccc(NC(=O)c2ccccc2OC)c1. The van der Waals surface area contributed by atoms with E-state index in [1.54, 1.807) is 25.3 Å². The Balaban J connectivity index is 2.13. The predicted octanol–water partition coefficient (Wildman–Crippen LogP) is 4.12. The van der Waals surface area contributed by atoms with Crippen molar-refractivity contribution in [3.8, 4) is 11.5 Å². The zero-order valence-corrected chi connectivity index (χ0v) is 13.1. The molecule has 0 spiro atoms. The lowest BCUT2D eigenvalue weighted by molar-refractivity contribution is 0.102. The first kappa shape index (κ1) is 15.9. The normalized spacial score (nSPS) is 11.6. The topological polar surface area (TPSA) is 47.6 Å². The van der Waals surface area contributed by atoms with Crippen LogP contribution in [0, 0.1) is 0 Å². The van der Waals surface area contributed by atoms with Crippen LogP contribution in [0.25, 0.3) is 0 Å². The highest BCUT2D eigenvalue weighted by Gasteiger charge is 2.12. The minimum absolute atomic E-state index is 0.139. The molecule has 1 amide bonds. The molecule has 0 fully saturated rings. The first-order valence-electron chi connectivity index (χ1n) is 7.35. The number of hydrogen-bond donors (Lipinski definition) is 1. The number of methoxy groups -OCH3 is 1. The molecule has 0 aliphatic rings. The summed E-state index contributed by atoms with van der Waals surface area (Å²) in [5, 5.41) is 2.87. The number of carbonyl (C=O) groups is 1. The second-order valence-corrected chi connectivity index (χ2v) is 5.02. The maximum Gasteiger partial charge on any atom is 0.259 e. The third-order valence-electron chi connectivity index (χ3n) is 3.36. The summed E-state index contributed by atoms with van der Waals surface area (Å²) in [6.07, 6.45) is 1.07. The molecule has 4 nitrogen and oxygen atoms in total. The van der Waals surface area contributed by atoms with Crippen molar-refractivity contribution in [2.45, 2.75) is 26.4 Å². The van der Waals surface area contributed by atoms with Crippen LogP contribution in [0.3, 0.4) is 0 Å². The lowest BCUT2D eigenvalue weighted by Crippen LogP contribution is -2.14. The van der Waals surface area contributed by atoms with Crippen LogP contribution in [0.5, 0.6) is 11.5 Å². The van der Waals surface area contributed by atoms with E-state index in [4.69, 9.17) is 9.47 Å². The second kappa shape index (κ2) is 7.50. The van der Waals surface area contributed by atoms with Gasteiger partial charge in [0.05, 0.1) is 18.8 Å². The van der Waals surface area contributed by atoms with E-state index < -0.39 is 0 Å². The number of hydrogen-bond acceptors (Lipinski definition) is 3. The Morgan fingerprint density at radius 2 is 1.95 bits per heavy atom. The van der Waals surface area contributed by atoms with Crippen LogP contribution in [-0.2, 0) is 0 Å². The van der Waals surface area contributed by atoms with Gasteiger partial charge in [0.25, 0.3) is 5.91 Å². The van der Waals surface area contributed by atoms with Crippen molar-refractivity contribution >= 4 is 11.6 Å². The molecular weight excluding hydrogens is 278 g/mol. The van der Waals surface area contributed by atoms with Gasteiger partial charge in [-0.25, -0.2) is 0 Å². The summed E-state index contributed by atoms with van der Waals surface area (Å²) in [5.74, 6) is 1.08. The monoisotopic (exact) mass is 299 g/mol. The molecule has 2 rings (SSSR count). The van der Waals surface area contributed by atoms with Crippen molar-refractivity contribution in [2.75, 3.05) is 12.4 Å². The third kappa shape index (κ3) is 4.01. The van der Waals surface area contributed by atoms with E-state index in [0.29, 0.717) is 17.0 Å². The van der Waals surface area contributed by atoms with Gasteiger partial charge >= 0.3 is 0 Å². The van der Waals surface area contributed by atoms with Gasteiger partial charge < -0.3 is 14.8 Å². The van der Waals surface area contributed by atoms with Crippen molar-refractivity contribution in [1.82, 2.24) is 0 Å². The zero-order valence-electron chi connectivity index (χ0n) is 13.1. The molecule has 4 heteroatoms. The van der Waals surface area contributed by atoms with Crippen LogP contribution >= 0.6 is 0 Å². The lowest BCUT2D eigenvalue weighted by atomic mass is 10.2. The number of nitrogens with one attached hydrogen (secondary N) is 1. The fourth-order valence-electron chi connectivity index (χ4n) is 1.99. The van der Waals surface area contributed by atoms with Crippen LogP contribution in [0.4, 0.5) is 5.69 Å². The molecule has 0 heterocycles. The molecule has 116 valence electrons. The summed E-state index contributed by atoms with van der Waals surface area (Å²) in [6, 6.07) is 14.5. The van der Waals surface area contributed by atoms with Gasteiger partial charge in [0.15, 0.2) is 0 Å². The van der Waals surface area contributed by atoms with Crippen molar-refractivity contribution in [3.05, 3.63) is 54.1 Å². The minimum atomic E-state index is -0.210. The van der Waals surface area contributed by atoms with Crippen molar-refractivity contribution in [3.63, 3.8) is 0 Å². The fraction of sp³-hybridized carbons (Fsp3) is 0.278. The molecule has 1 N–H and O–H groups in total. The van der Waals surface area contributed by atoms with Gasteiger partial charge in [-0.2, -0.15) is 0 Å². The lowest BCUT2D eigenvalue weighted by Gasteiger charge is -2.14. The summed E-state index contributed by atoms with van der Waals surface area (Å²) < 4.78 is 11.0. The molecule has 1 atom stereocenters. The second-order valence-electron chi connectivity index (χ2n) is 5.02. The first-order valence-corrected chi connectivity index (χ1v) is 7.35. The Hall–Kier alpha value is -2.49. The van der Waals surface area contributed by atoms with E-state index in [0.717, 1.165) is 12.2 Å². The zero-order chi connectivity index (χ0) is 15.9. The highest BCUT2D eigenvalue weighted by molar-refractivity contribution is 6.06. The Bertz CT molecular complexity index is 640. The number of anilines is 1. The smallest absolute Gasteiger partial charge is 0.259 e. The largest absolute Gasteiger partial charge is 0.496 e. The first-order chi connectivity index (χ1) is 10.6. The van der Waals surface area contributed by atoms with Gasteiger partial charge in [-0.15, -0.1) is 0 Å². The average Bonchev–Trinajstić information content (AvgIpc) is 2.55. The molecule has 0 aliphatic carbocycles. The molecule has 0 saturated heterocycles. The van der Waals surface area contributed by atoms with E-state index in [-0.39, 0.29) is 12.0 Å². The molecule has 22 heavy (non-hydrogen) atoms.